The maximum absolute atomic E-state index is 12.4. The summed E-state index contributed by atoms with van der Waals surface area (Å²) < 4.78 is 0. The third-order valence-corrected chi connectivity index (χ3v) is 5.46. The molecule has 0 bridgehead atoms. The molecule has 1 amide bonds. The lowest BCUT2D eigenvalue weighted by Crippen LogP contribution is -2.43. The Hall–Kier alpha value is -1.98. The number of fused-ring (bicyclic) bond motifs is 1. The largest absolute Gasteiger partial charge is 0.348 e. The van der Waals surface area contributed by atoms with E-state index in [1.54, 1.807) is 0 Å². The Bertz CT molecular complexity index is 873. The highest BCUT2D eigenvalue weighted by molar-refractivity contribution is 7.16. The molecule has 6 heteroatoms. The van der Waals surface area contributed by atoms with Crippen LogP contribution in [0.15, 0.2) is 42.0 Å². The van der Waals surface area contributed by atoms with Gasteiger partial charge >= 0.3 is 0 Å². The molecule has 2 aromatic heterocycles. The van der Waals surface area contributed by atoms with Gasteiger partial charge < -0.3 is 5.32 Å². The van der Waals surface area contributed by atoms with Crippen LogP contribution >= 0.6 is 22.9 Å². The van der Waals surface area contributed by atoms with Crippen molar-refractivity contribution >= 4 is 39.1 Å². The minimum absolute atomic E-state index is 0.126. The quantitative estimate of drug-likeness (QED) is 0.781. The fourth-order valence-corrected chi connectivity index (χ4v) is 4.04. The SMILES string of the molecule is O=C(NC1CC(c2ccccc2Cl)C1)c1ncnc2sccc12. The number of halogens is 1. The average Bonchev–Trinajstić information content (AvgIpc) is 2.99. The number of carbonyl (C=O) groups excluding carboxylic acids is 1. The van der Waals surface area contributed by atoms with Gasteiger partial charge in [-0.1, -0.05) is 29.8 Å². The maximum Gasteiger partial charge on any atom is 0.270 e. The molecule has 1 N–H and O–H groups in total. The zero-order valence-electron chi connectivity index (χ0n) is 12.2. The van der Waals surface area contributed by atoms with E-state index in [1.807, 2.05) is 29.6 Å². The van der Waals surface area contributed by atoms with Crippen LogP contribution in [0, 0.1) is 0 Å². The van der Waals surface area contributed by atoms with Gasteiger partial charge in [0.05, 0.1) is 0 Å². The Labute approximate surface area is 142 Å². The molecule has 116 valence electrons. The van der Waals surface area contributed by atoms with Crippen molar-refractivity contribution in [1.29, 1.82) is 0 Å². The standard InChI is InChI=1S/C17H14ClN3OS/c18-14-4-2-1-3-12(14)10-7-11(8-10)21-16(22)15-13-5-6-23-17(13)20-9-19-15/h1-6,9-11H,7-8H2,(H,21,22). The fraction of sp³-hybridized carbons (Fsp3) is 0.235. The van der Waals surface area contributed by atoms with Crippen molar-refractivity contribution in [3.63, 3.8) is 0 Å². The van der Waals surface area contributed by atoms with Gasteiger partial charge in [0.1, 0.15) is 16.9 Å². The second kappa shape index (κ2) is 5.91. The molecule has 1 saturated carbocycles. The Kier molecular flexibility index (Phi) is 3.75. The van der Waals surface area contributed by atoms with E-state index in [9.17, 15) is 4.79 Å². The van der Waals surface area contributed by atoms with Crippen LogP contribution in [-0.2, 0) is 0 Å². The van der Waals surface area contributed by atoms with Crippen molar-refractivity contribution in [2.24, 2.45) is 0 Å². The number of thiophene rings is 1. The third-order valence-electron chi connectivity index (χ3n) is 4.30. The first-order valence-corrected chi connectivity index (χ1v) is 8.71. The number of nitrogens with one attached hydrogen (secondary N) is 1. The number of rotatable bonds is 3. The predicted octanol–water partition coefficient (Wildman–Crippen LogP) is 4.02. The molecule has 0 unspecified atom stereocenters. The van der Waals surface area contributed by atoms with Gasteiger partial charge in [-0.15, -0.1) is 11.3 Å². The van der Waals surface area contributed by atoms with Crippen molar-refractivity contribution in [3.8, 4) is 0 Å². The van der Waals surface area contributed by atoms with Crippen LogP contribution in [-0.4, -0.2) is 21.9 Å². The van der Waals surface area contributed by atoms with E-state index < -0.39 is 0 Å². The smallest absolute Gasteiger partial charge is 0.270 e. The second-order valence-corrected chi connectivity index (χ2v) is 7.02. The van der Waals surface area contributed by atoms with Gasteiger partial charge in [0.15, 0.2) is 0 Å². The monoisotopic (exact) mass is 343 g/mol. The Balaban J connectivity index is 1.44. The van der Waals surface area contributed by atoms with E-state index in [0.717, 1.165) is 28.1 Å². The summed E-state index contributed by atoms with van der Waals surface area (Å²) >= 11 is 7.74. The van der Waals surface area contributed by atoms with Crippen LogP contribution in [0.25, 0.3) is 10.2 Å². The Morgan fingerprint density at radius 2 is 2.04 bits per heavy atom. The first-order valence-electron chi connectivity index (χ1n) is 7.46. The average molecular weight is 344 g/mol. The van der Waals surface area contributed by atoms with Gasteiger partial charge in [-0.2, -0.15) is 0 Å². The van der Waals surface area contributed by atoms with Gasteiger partial charge in [0.2, 0.25) is 0 Å². The van der Waals surface area contributed by atoms with Crippen molar-refractivity contribution in [1.82, 2.24) is 15.3 Å². The predicted molar refractivity (Wildman–Crippen MR) is 92.1 cm³/mol. The summed E-state index contributed by atoms with van der Waals surface area (Å²) in [6.45, 7) is 0. The van der Waals surface area contributed by atoms with Crippen molar-refractivity contribution < 1.29 is 4.79 Å². The molecule has 0 saturated heterocycles. The highest BCUT2D eigenvalue weighted by Crippen LogP contribution is 2.40. The summed E-state index contributed by atoms with van der Waals surface area (Å²) in [5, 5.41) is 6.61. The lowest BCUT2D eigenvalue weighted by atomic mass is 9.76. The number of amides is 1. The van der Waals surface area contributed by atoms with Crippen LogP contribution in [0.3, 0.4) is 0 Å². The fourth-order valence-electron chi connectivity index (χ4n) is 3.02. The normalized spacial score (nSPS) is 20.2. The molecule has 0 atom stereocenters. The highest BCUT2D eigenvalue weighted by Gasteiger charge is 2.33. The topological polar surface area (TPSA) is 54.9 Å². The van der Waals surface area contributed by atoms with Crippen LogP contribution in [0.4, 0.5) is 0 Å². The van der Waals surface area contributed by atoms with Crippen molar-refractivity contribution in [2.75, 3.05) is 0 Å². The van der Waals surface area contributed by atoms with Gasteiger partial charge in [-0.3, -0.25) is 4.79 Å². The van der Waals surface area contributed by atoms with Crippen LogP contribution in [0.5, 0.6) is 0 Å². The molecule has 4 rings (SSSR count). The lowest BCUT2D eigenvalue weighted by molar-refractivity contribution is 0.0905. The molecule has 1 aromatic carbocycles. The number of hydrogen-bond acceptors (Lipinski definition) is 4. The molecule has 0 aliphatic heterocycles. The van der Waals surface area contributed by atoms with E-state index in [4.69, 9.17) is 11.6 Å². The Morgan fingerprint density at radius 3 is 2.87 bits per heavy atom. The number of aromatic nitrogens is 2. The first-order chi connectivity index (χ1) is 11.2. The molecular formula is C17H14ClN3OS. The summed E-state index contributed by atoms with van der Waals surface area (Å²) in [6.07, 6.45) is 3.27. The molecule has 1 aliphatic rings. The summed E-state index contributed by atoms with van der Waals surface area (Å²) in [5.41, 5.74) is 1.62. The molecule has 0 spiro atoms. The summed E-state index contributed by atoms with van der Waals surface area (Å²) in [6, 6.07) is 9.97. The van der Waals surface area contributed by atoms with E-state index in [1.165, 1.54) is 23.2 Å². The van der Waals surface area contributed by atoms with E-state index in [2.05, 4.69) is 21.4 Å². The lowest BCUT2D eigenvalue weighted by Gasteiger charge is -2.36. The third kappa shape index (κ3) is 2.71. The van der Waals surface area contributed by atoms with Crippen molar-refractivity contribution in [2.45, 2.75) is 24.8 Å². The maximum atomic E-state index is 12.4. The summed E-state index contributed by atoms with van der Waals surface area (Å²) in [5.74, 6) is 0.291. The molecule has 1 fully saturated rings. The second-order valence-electron chi connectivity index (χ2n) is 5.72. The molecule has 2 heterocycles. The first kappa shape index (κ1) is 14.6. The number of carbonyl (C=O) groups is 1. The summed E-state index contributed by atoms with van der Waals surface area (Å²) in [4.78, 5) is 21.6. The van der Waals surface area contributed by atoms with E-state index in [0.29, 0.717) is 11.6 Å². The van der Waals surface area contributed by atoms with Gasteiger partial charge in [0, 0.05) is 16.5 Å². The number of benzene rings is 1. The van der Waals surface area contributed by atoms with Gasteiger partial charge in [-0.05, 0) is 41.8 Å². The van der Waals surface area contributed by atoms with Crippen LogP contribution in [0.1, 0.15) is 34.8 Å². The van der Waals surface area contributed by atoms with Gasteiger partial charge in [-0.25, -0.2) is 9.97 Å². The van der Waals surface area contributed by atoms with Crippen LogP contribution in [0.2, 0.25) is 5.02 Å². The highest BCUT2D eigenvalue weighted by atomic mass is 35.5. The van der Waals surface area contributed by atoms with Crippen molar-refractivity contribution in [3.05, 3.63) is 58.3 Å². The molecule has 0 radical (unpaired) electrons. The number of hydrogen-bond donors (Lipinski definition) is 1. The summed E-state index contributed by atoms with van der Waals surface area (Å²) in [7, 11) is 0. The zero-order valence-corrected chi connectivity index (χ0v) is 13.8. The Morgan fingerprint density at radius 1 is 1.22 bits per heavy atom. The molecular weight excluding hydrogens is 330 g/mol. The van der Waals surface area contributed by atoms with E-state index >= 15 is 0 Å². The number of nitrogens with zero attached hydrogens (tertiary/aromatic N) is 2. The molecule has 3 aromatic rings. The van der Waals surface area contributed by atoms with Gasteiger partial charge in [0.25, 0.3) is 5.91 Å². The zero-order chi connectivity index (χ0) is 15.8. The molecule has 23 heavy (non-hydrogen) atoms. The van der Waals surface area contributed by atoms with E-state index in [-0.39, 0.29) is 11.9 Å². The van der Waals surface area contributed by atoms with Crippen LogP contribution < -0.4 is 5.32 Å². The molecule has 1 aliphatic carbocycles. The molecule has 4 nitrogen and oxygen atoms in total. The minimum Gasteiger partial charge on any atom is -0.348 e. The minimum atomic E-state index is -0.126.